The first-order chi connectivity index (χ1) is 9.43. The van der Waals surface area contributed by atoms with Gasteiger partial charge in [-0.3, -0.25) is 4.79 Å². The van der Waals surface area contributed by atoms with Gasteiger partial charge in [0.05, 0.1) is 6.54 Å². The summed E-state index contributed by atoms with van der Waals surface area (Å²) in [5.41, 5.74) is 0. The first-order valence-corrected chi connectivity index (χ1v) is 6.08. The summed E-state index contributed by atoms with van der Waals surface area (Å²) >= 11 is 0. The predicted molar refractivity (Wildman–Crippen MR) is 69.2 cm³/mol. The maximum Gasteiger partial charge on any atom is 0.371 e. The number of aromatic carboxylic acids is 1. The number of carboxylic acid groups (broad SMARTS) is 1. The van der Waals surface area contributed by atoms with Crippen LogP contribution < -0.4 is 16.0 Å². The number of likely N-dealkylation sites (N-methyl/N-ethyl adjacent to an activating group) is 1. The number of rotatable bonds is 6. The van der Waals surface area contributed by atoms with E-state index in [2.05, 4.69) is 16.0 Å². The molecule has 0 aliphatic carbocycles. The molecule has 4 N–H and O–H groups in total. The van der Waals surface area contributed by atoms with Crippen LogP contribution in [0.15, 0.2) is 16.5 Å². The summed E-state index contributed by atoms with van der Waals surface area (Å²) in [6.07, 6.45) is 0. The van der Waals surface area contributed by atoms with E-state index < -0.39 is 18.0 Å². The Balaban J connectivity index is 2.39. The number of amides is 3. The molecule has 1 atom stereocenters. The SMILES string of the molecule is CCNC(=O)C(C)NC(=O)NCc1ccc(C(=O)O)o1. The number of hydrogen-bond donors (Lipinski definition) is 4. The van der Waals surface area contributed by atoms with Crippen LogP contribution in [0.3, 0.4) is 0 Å². The monoisotopic (exact) mass is 283 g/mol. The van der Waals surface area contributed by atoms with Gasteiger partial charge in [0.1, 0.15) is 11.8 Å². The van der Waals surface area contributed by atoms with Gasteiger partial charge in [0, 0.05) is 6.54 Å². The van der Waals surface area contributed by atoms with Crippen molar-refractivity contribution >= 4 is 17.9 Å². The van der Waals surface area contributed by atoms with Crippen molar-refractivity contribution in [3.63, 3.8) is 0 Å². The highest BCUT2D eigenvalue weighted by Gasteiger charge is 2.15. The summed E-state index contributed by atoms with van der Waals surface area (Å²) in [7, 11) is 0. The highest BCUT2D eigenvalue weighted by atomic mass is 16.4. The highest BCUT2D eigenvalue weighted by Crippen LogP contribution is 2.07. The molecule has 1 rings (SSSR count). The number of carboxylic acids is 1. The van der Waals surface area contributed by atoms with Crippen LogP contribution in [0.1, 0.15) is 30.2 Å². The van der Waals surface area contributed by atoms with Gasteiger partial charge < -0.3 is 25.5 Å². The van der Waals surface area contributed by atoms with E-state index in [4.69, 9.17) is 9.52 Å². The average Bonchev–Trinajstić information content (AvgIpc) is 2.85. The minimum Gasteiger partial charge on any atom is -0.475 e. The van der Waals surface area contributed by atoms with Crippen LogP contribution in [0.2, 0.25) is 0 Å². The Morgan fingerprint density at radius 1 is 1.30 bits per heavy atom. The number of carbonyl (C=O) groups is 3. The third kappa shape index (κ3) is 4.63. The summed E-state index contributed by atoms with van der Waals surface area (Å²) < 4.78 is 4.97. The van der Waals surface area contributed by atoms with Crippen molar-refractivity contribution in [3.05, 3.63) is 23.7 Å². The smallest absolute Gasteiger partial charge is 0.371 e. The van der Waals surface area contributed by atoms with E-state index in [9.17, 15) is 14.4 Å². The largest absolute Gasteiger partial charge is 0.475 e. The molecule has 0 aliphatic rings. The van der Waals surface area contributed by atoms with Crippen molar-refractivity contribution in [1.82, 2.24) is 16.0 Å². The van der Waals surface area contributed by atoms with Crippen LogP contribution in [0.5, 0.6) is 0 Å². The quantitative estimate of drug-likeness (QED) is 0.598. The number of urea groups is 1. The van der Waals surface area contributed by atoms with E-state index in [1.165, 1.54) is 12.1 Å². The lowest BCUT2D eigenvalue weighted by Crippen LogP contribution is -2.48. The lowest BCUT2D eigenvalue weighted by Gasteiger charge is -2.13. The second-order valence-electron chi connectivity index (χ2n) is 4.01. The van der Waals surface area contributed by atoms with E-state index in [0.29, 0.717) is 12.3 Å². The fourth-order valence-corrected chi connectivity index (χ4v) is 1.40. The molecule has 0 bridgehead atoms. The molecule has 0 saturated heterocycles. The van der Waals surface area contributed by atoms with E-state index in [1.54, 1.807) is 13.8 Å². The molecule has 0 saturated carbocycles. The molecule has 3 amide bonds. The Bertz CT molecular complexity index is 497. The van der Waals surface area contributed by atoms with Gasteiger partial charge in [-0.15, -0.1) is 0 Å². The maximum atomic E-state index is 11.5. The van der Waals surface area contributed by atoms with Crippen LogP contribution >= 0.6 is 0 Å². The molecule has 8 nitrogen and oxygen atoms in total. The van der Waals surface area contributed by atoms with Crippen molar-refractivity contribution in [3.8, 4) is 0 Å². The van der Waals surface area contributed by atoms with E-state index >= 15 is 0 Å². The van der Waals surface area contributed by atoms with Gasteiger partial charge in [0.15, 0.2) is 0 Å². The van der Waals surface area contributed by atoms with Crippen molar-refractivity contribution in [2.75, 3.05) is 6.54 Å². The molecular formula is C12H17N3O5. The molecule has 0 fully saturated rings. The minimum atomic E-state index is -1.18. The predicted octanol–water partition coefficient (Wildman–Crippen LogP) is 0.302. The van der Waals surface area contributed by atoms with Gasteiger partial charge in [-0.1, -0.05) is 0 Å². The summed E-state index contributed by atoms with van der Waals surface area (Å²) in [5, 5.41) is 16.1. The van der Waals surface area contributed by atoms with Crippen molar-refractivity contribution in [2.24, 2.45) is 0 Å². The number of carbonyl (C=O) groups excluding carboxylic acids is 2. The summed E-state index contributed by atoms with van der Waals surface area (Å²) in [6, 6.07) is 1.55. The van der Waals surface area contributed by atoms with Gasteiger partial charge in [-0.05, 0) is 26.0 Å². The zero-order valence-corrected chi connectivity index (χ0v) is 11.2. The van der Waals surface area contributed by atoms with Crippen molar-refractivity contribution < 1.29 is 23.9 Å². The van der Waals surface area contributed by atoms with Crippen LogP contribution in [0.4, 0.5) is 4.79 Å². The zero-order chi connectivity index (χ0) is 15.1. The van der Waals surface area contributed by atoms with E-state index in [-0.39, 0.29) is 18.2 Å². The van der Waals surface area contributed by atoms with Gasteiger partial charge in [-0.25, -0.2) is 9.59 Å². The second-order valence-corrected chi connectivity index (χ2v) is 4.01. The lowest BCUT2D eigenvalue weighted by atomic mass is 10.3. The molecular weight excluding hydrogens is 266 g/mol. The number of hydrogen-bond acceptors (Lipinski definition) is 4. The van der Waals surface area contributed by atoms with Crippen LogP contribution in [0, 0.1) is 0 Å². The molecule has 1 heterocycles. The number of nitrogens with one attached hydrogen (secondary N) is 3. The van der Waals surface area contributed by atoms with Crippen LogP contribution in [0.25, 0.3) is 0 Å². The molecule has 0 spiro atoms. The molecule has 8 heteroatoms. The van der Waals surface area contributed by atoms with E-state index in [1.807, 2.05) is 0 Å². The Hall–Kier alpha value is -2.51. The fourth-order valence-electron chi connectivity index (χ4n) is 1.40. The normalized spacial score (nSPS) is 11.5. The average molecular weight is 283 g/mol. The molecule has 1 aromatic rings. The lowest BCUT2D eigenvalue weighted by molar-refractivity contribution is -0.122. The maximum absolute atomic E-state index is 11.5. The third-order valence-corrected chi connectivity index (χ3v) is 2.39. The Morgan fingerprint density at radius 2 is 2.00 bits per heavy atom. The molecule has 0 aromatic carbocycles. The summed E-state index contributed by atoms with van der Waals surface area (Å²) in [6.45, 7) is 3.85. The first kappa shape index (κ1) is 15.5. The van der Waals surface area contributed by atoms with E-state index in [0.717, 1.165) is 0 Å². The molecule has 0 radical (unpaired) electrons. The Kier molecular flexibility index (Phi) is 5.57. The van der Waals surface area contributed by atoms with Crippen molar-refractivity contribution in [2.45, 2.75) is 26.4 Å². The van der Waals surface area contributed by atoms with Crippen LogP contribution in [-0.2, 0) is 11.3 Å². The fraction of sp³-hybridized carbons (Fsp3) is 0.417. The summed E-state index contributed by atoms with van der Waals surface area (Å²) in [5.74, 6) is -1.35. The molecule has 20 heavy (non-hydrogen) atoms. The van der Waals surface area contributed by atoms with Gasteiger partial charge in [-0.2, -0.15) is 0 Å². The third-order valence-electron chi connectivity index (χ3n) is 2.39. The van der Waals surface area contributed by atoms with Crippen molar-refractivity contribution in [1.29, 1.82) is 0 Å². The summed E-state index contributed by atoms with van der Waals surface area (Å²) in [4.78, 5) is 33.5. The molecule has 1 unspecified atom stereocenters. The molecule has 0 aliphatic heterocycles. The zero-order valence-electron chi connectivity index (χ0n) is 11.2. The molecule has 1 aromatic heterocycles. The second kappa shape index (κ2) is 7.17. The highest BCUT2D eigenvalue weighted by molar-refractivity contribution is 5.86. The first-order valence-electron chi connectivity index (χ1n) is 6.08. The topological polar surface area (TPSA) is 121 Å². The standard InChI is InChI=1S/C12H17N3O5/c1-3-13-10(16)7(2)15-12(19)14-6-8-4-5-9(20-8)11(17)18/h4-5,7H,3,6H2,1-2H3,(H,13,16)(H,17,18)(H2,14,15,19). The van der Waals surface area contributed by atoms with Gasteiger partial charge in [0.2, 0.25) is 11.7 Å². The molecule has 110 valence electrons. The Morgan fingerprint density at radius 3 is 2.55 bits per heavy atom. The van der Waals surface area contributed by atoms with Gasteiger partial charge >= 0.3 is 12.0 Å². The van der Waals surface area contributed by atoms with Gasteiger partial charge in [0.25, 0.3) is 0 Å². The minimum absolute atomic E-state index is 0.0290. The number of furan rings is 1. The Labute approximate surface area is 115 Å². The van der Waals surface area contributed by atoms with Crippen LogP contribution in [-0.4, -0.2) is 35.6 Å².